The molecule has 0 spiro atoms. The molecule has 0 saturated carbocycles. The smallest absolute Gasteiger partial charge is 0.410 e. The van der Waals surface area contributed by atoms with Gasteiger partial charge in [-0.25, -0.2) is 13.6 Å². The highest BCUT2D eigenvalue weighted by Crippen LogP contribution is 2.27. The van der Waals surface area contributed by atoms with Crippen LogP contribution in [0.4, 0.5) is 13.6 Å². The van der Waals surface area contributed by atoms with E-state index in [9.17, 15) is 13.6 Å². The number of hydrogen-bond donors (Lipinski definition) is 0. The van der Waals surface area contributed by atoms with E-state index < -0.39 is 17.2 Å². The van der Waals surface area contributed by atoms with Crippen molar-refractivity contribution in [3.05, 3.63) is 28.2 Å². The summed E-state index contributed by atoms with van der Waals surface area (Å²) in [7, 11) is 0. The Balaban J connectivity index is 1.81. The SMILES string of the molecule is CC(C)(C)OC(=O)N1CC(COc2c(F)cc(Br)cc2F)C1. The Bertz CT molecular complexity index is 545. The molecule has 1 saturated heterocycles. The van der Waals surface area contributed by atoms with Gasteiger partial charge in [-0.15, -0.1) is 0 Å². The molecule has 0 radical (unpaired) electrons. The molecule has 1 heterocycles. The lowest BCUT2D eigenvalue weighted by atomic mass is 10.0. The first-order valence-corrected chi connectivity index (χ1v) is 7.70. The fourth-order valence-electron chi connectivity index (χ4n) is 2.02. The van der Waals surface area contributed by atoms with Crippen molar-refractivity contribution in [3.8, 4) is 5.75 Å². The maximum absolute atomic E-state index is 13.6. The maximum Gasteiger partial charge on any atom is 0.410 e. The number of rotatable bonds is 3. The van der Waals surface area contributed by atoms with E-state index in [1.165, 1.54) is 4.90 Å². The van der Waals surface area contributed by atoms with E-state index in [1.54, 1.807) is 20.8 Å². The van der Waals surface area contributed by atoms with Gasteiger partial charge >= 0.3 is 6.09 Å². The highest BCUT2D eigenvalue weighted by molar-refractivity contribution is 9.10. The van der Waals surface area contributed by atoms with Crippen molar-refractivity contribution in [3.63, 3.8) is 0 Å². The standard InChI is InChI=1S/C15H18BrF2NO3/c1-15(2,3)22-14(20)19-6-9(7-19)8-21-13-11(17)4-10(16)5-12(13)18/h4-5,9H,6-8H2,1-3H3. The van der Waals surface area contributed by atoms with Crippen LogP contribution in [0.2, 0.25) is 0 Å². The summed E-state index contributed by atoms with van der Waals surface area (Å²) in [5.41, 5.74) is -0.539. The van der Waals surface area contributed by atoms with Gasteiger partial charge in [-0.2, -0.15) is 0 Å². The summed E-state index contributed by atoms with van der Waals surface area (Å²) in [5.74, 6) is -1.86. The highest BCUT2D eigenvalue weighted by Gasteiger charge is 2.34. The molecule has 2 rings (SSSR count). The normalized spacial score (nSPS) is 15.5. The van der Waals surface area contributed by atoms with Gasteiger partial charge in [0.05, 0.1) is 6.61 Å². The predicted molar refractivity (Wildman–Crippen MR) is 80.9 cm³/mol. The second kappa shape index (κ2) is 6.40. The summed E-state index contributed by atoms with van der Waals surface area (Å²) in [5, 5.41) is 0. The van der Waals surface area contributed by atoms with Gasteiger partial charge in [0.15, 0.2) is 17.4 Å². The molecule has 7 heteroatoms. The zero-order chi connectivity index (χ0) is 16.5. The summed E-state index contributed by atoms with van der Waals surface area (Å²) in [6.45, 7) is 6.44. The van der Waals surface area contributed by atoms with Crippen LogP contribution in [0.3, 0.4) is 0 Å². The van der Waals surface area contributed by atoms with E-state index in [-0.39, 0.29) is 24.4 Å². The van der Waals surface area contributed by atoms with Crippen LogP contribution in [0.5, 0.6) is 5.75 Å². The number of ether oxygens (including phenoxy) is 2. The maximum atomic E-state index is 13.6. The second-order valence-corrected chi connectivity index (χ2v) is 7.18. The number of nitrogens with zero attached hydrogens (tertiary/aromatic N) is 1. The van der Waals surface area contributed by atoms with Gasteiger partial charge < -0.3 is 14.4 Å². The van der Waals surface area contributed by atoms with Crippen LogP contribution >= 0.6 is 15.9 Å². The average molecular weight is 378 g/mol. The molecule has 1 aromatic rings. The second-order valence-electron chi connectivity index (χ2n) is 6.26. The molecule has 1 aromatic carbocycles. The third-order valence-electron chi connectivity index (χ3n) is 3.04. The van der Waals surface area contributed by atoms with E-state index in [2.05, 4.69) is 15.9 Å². The molecule has 4 nitrogen and oxygen atoms in total. The van der Waals surface area contributed by atoms with Crippen LogP contribution in [0.25, 0.3) is 0 Å². The number of hydrogen-bond acceptors (Lipinski definition) is 3. The Kier molecular flexibility index (Phi) is 4.94. The average Bonchev–Trinajstić information content (AvgIpc) is 2.27. The van der Waals surface area contributed by atoms with Crippen molar-refractivity contribution in [1.82, 2.24) is 4.90 Å². The Hall–Kier alpha value is -1.37. The minimum absolute atomic E-state index is 0.0370. The van der Waals surface area contributed by atoms with Crippen molar-refractivity contribution >= 4 is 22.0 Å². The van der Waals surface area contributed by atoms with Gasteiger partial charge in [0, 0.05) is 23.5 Å². The molecule has 122 valence electrons. The third-order valence-corrected chi connectivity index (χ3v) is 3.49. The number of carbonyl (C=O) groups excluding carboxylic acids is 1. The zero-order valence-electron chi connectivity index (χ0n) is 12.7. The van der Waals surface area contributed by atoms with E-state index in [0.717, 1.165) is 12.1 Å². The van der Waals surface area contributed by atoms with Gasteiger partial charge in [-0.3, -0.25) is 0 Å². The van der Waals surface area contributed by atoms with E-state index >= 15 is 0 Å². The lowest BCUT2D eigenvalue weighted by molar-refractivity contribution is -0.00831. The van der Waals surface area contributed by atoms with Crippen LogP contribution in [0.15, 0.2) is 16.6 Å². The van der Waals surface area contributed by atoms with Crippen LogP contribution in [-0.2, 0) is 4.74 Å². The fraction of sp³-hybridized carbons (Fsp3) is 0.533. The molecule has 0 bridgehead atoms. The zero-order valence-corrected chi connectivity index (χ0v) is 14.2. The highest BCUT2D eigenvalue weighted by atomic mass is 79.9. The van der Waals surface area contributed by atoms with Crippen LogP contribution < -0.4 is 4.74 Å². The van der Waals surface area contributed by atoms with Crippen molar-refractivity contribution in [2.24, 2.45) is 5.92 Å². The van der Waals surface area contributed by atoms with Gasteiger partial charge in [0.25, 0.3) is 0 Å². The van der Waals surface area contributed by atoms with Crippen LogP contribution in [0.1, 0.15) is 20.8 Å². The molecule has 1 aliphatic rings. The molecule has 0 aliphatic carbocycles. The summed E-state index contributed by atoms with van der Waals surface area (Å²) in [6, 6.07) is 2.29. The largest absolute Gasteiger partial charge is 0.487 e. The summed E-state index contributed by atoms with van der Waals surface area (Å²) >= 11 is 3.01. The molecule has 1 aliphatic heterocycles. The first-order chi connectivity index (χ1) is 10.2. The number of halogens is 3. The molecule has 0 atom stereocenters. The van der Waals surface area contributed by atoms with Gasteiger partial charge in [0.2, 0.25) is 0 Å². The predicted octanol–water partition coefficient (Wildman–Crippen LogP) is 3.97. The molecule has 0 N–H and O–H groups in total. The molecule has 1 amide bonds. The van der Waals surface area contributed by atoms with Crippen molar-refractivity contribution < 1.29 is 23.0 Å². The van der Waals surface area contributed by atoms with Crippen LogP contribution in [0, 0.1) is 17.6 Å². The summed E-state index contributed by atoms with van der Waals surface area (Å²) in [4.78, 5) is 13.3. The van der Waals surface area contributed by atoms with Crippen LogP contribution in [-0.4, -0.2) is 36.3 Å². The molecule has 0 unspecified atom stereocenters. The third kappa shape index (κ3) is 4.32. The number of likely N-dealkylation sites (tertiary alicyclic amines) is 1. The molecular formula is C15H18BrF2NO3. The summed E-state index contributed by atoms with van der Waals surface area (Å²) < 4.78 is 37.9. The first-order valence-electron chi connectivity index (χ1n) is 6.91. The number of carbonyl (C=O) groups is 1. The van der Waals surface area contributed by atoms with E-state index in [1.807, 2.05) is 0 Å². The quantitative estimate of drug-likeness (QED) is 0.799. The Morgan fingerprint density at radius 3 is 2.36 bits per heavy atom. The molecular weight excluding hydrogens is 360 g/mol. The number of amides is 1. The van der Waals surface area contributed by atoms with E-state index in [0.29, 0.717) is 17.6 Å². The minimum atomic E-state index is -0.754. The van der Waals surface area contributed by atoms with Gasteiger partial charge in [0.1, 0.15) is 5.60 Å². The Morgan fingerprint density at radius 2 is 1.86 bits per heavy atom. The summed E-state index contributed by atoms with van der Waals surface area (Å²) in [6.07, 6.45) is -0.384. The lowest BCUT2D eigenvalue weighted by Crippen LogP contribution is -2.53. The van der Waals surface area contributed by atoms with E-state index in [4.69, 9.17) is 9.47 Å². The van der Waals surface area contributed by atoms with Gasteiger partial charge in [-0.1, -0.05) is 15.9 Å². The first kappa shape index (κ1) is 17.0. The van der Waals surface area contributed by atoms with Crippen molar-refractivity contribution in [2.75, 3.05) is 19.7 Å². The topological polar surface area (TPSA) is 38.8 Å². The molecule has 0 aromatic heterocycles. The minimum Gasteiger partial charge on any atom is -0.487 e. The fourth-order valence-corrected chi connectivity index (χ4v) is 2.42. The number of benzene rings is 1. The van der Waals surface area contributed by atoms with Crippen molar-refractivity contribution in [2.45, 2.75) is 26.4 Å². The van der Waals surface area contributed by atoms with Gasteiger partial charge in [-0.05, 0) is 32.9 Å². The van der Waals surface area contributed by atoms with Crippen molar-refractivity contribution in [1.29, 1.82) is 0 Å². The molecule has 22 heavy (non-hydrogen) atoms. The Labute approximate surface area is 136 Å². The Morgan fingerprint density at radius 1 is 1.32 bits per heavy atom. The lowest BCUT2D eigenvalue weighted by Gasteiger charge is -2.39. The molecule has 1 fully saturated rings. The monoisotopic (exact) mass is 377 g/mol.